The van der Waals surface area contributed by atoms with Crippen molar-refractivity contribution in [1.82, 2.24) is 5.32 Å². The molecule has 1 N–H and O–H groups in total. The first-order valence-electron chi connectivity index (χ1n) is 4.51. The van der Waals surface area contributed by atoms with Gasteiger partial charge >= 0.3 is 0 Å². The van der Waals surface area contributed by atoms with E-state index in [1.165, 1.54) is 0 Å². The van der Waals surface area contributed by atoms with Gasteiger partial charge in [0, 0.05) is 0 Å². The largest absolute Gasteiger partial charge is 0.377 e. The maximum Gasteiger partial charge on any atom is 0.254 e. The molecule has 1 heterocycles. The van der Waals surface area contributed by atoms with Gasteiger partial charge in [-0.15, -0.1) is 0 Å². The minimum atomic E-state index is -0.251. The molecule has 1 aliphatic heterocycles. The van der Waals surface area contributed by atoms with Gasteiger partial charge in [0.15, 0.2) is 0 Å². The lowest BCUT2D eigenvalue weighted by atomic mass is 10.2. The van der Waals surface area contributed by atoms with Gasteiger partial charge in [-0.1, -0.05) is 29.3 Å². The first-order valence-corrected chi connectivity index (χ1v) is 5.26. The zero-order chi connectivity index (χ0) is 10.8. The number of carbonyl (C=O) groups is 1. The molecule has 0 aliphatic carbocycles. The second kappa shape index (κ2) is 4.39. The van der Waals surface area contributed by atoms with Crippen molar-refractivity contribution in [1.29, 1.82) is 0 Å². The molecule has 1 saturated heterocycles. The van der Waals surface area contributed by atoms with E-state index in [2.05, 4.69) is 5.32 Å². The Kier molecular flexibility index (Phi) is 3.14. The number of benzene rings is 1. The highest BCUT2D eigenvalue weighted by molar-refractivity contribution is 6.39. The molecular weight excluding hydrogens is 237 g/mol. The molecule has 15 heavy (non-hydrogen) atoms. The first kappa shape index (κ1) is 10.7. The Bertz CT molecular complexity index is 371. The smallest absolute Gasteiger partial charge is 0.254 e. The average molecular weight is 246 g/mol. The van der Waals surface area contributed by atoms with Crippen LogP contribution in [-0.2, 0) is 4.74 Å². The summed E-state index contributed by atoms with van der Waals surface area (Å²) in [5.41, 5.74) is 0.327. The van der Waals surface area contributed by atoms with Gasteiger partial charge in [-0.3, -0.25) is 4.79 Å². The van der Waals surface area contributed by atoms with Crippen LogP contribution in [0.4, 0.5) is 0 Å². The summed E-state index contributed by atoms with van der Waals surface area (Å²) in [6.07, 6.45) is 0. The molecule has 80 valence electrons. The highest BCUT2D eigenvalue weighted by atomic mass is 35.5. The van der Waals surface area contributed by atoms with E-state index in [0.29, 0.717) is 28.8 Å². The molecule has 0 saturated carbocycles. The summed E-state index contributed by atoms with van der Waals surface area (Å²) in [4.78, 5) is 11.8. The standard InChI is InChI=1S/C10H9Cl2NO2/c11-7-2-1-3-8(12)9(7)10(14)13-6-4-15-5-6/h1-3,6H,4-5H2,(H,13,14). The SMILES string of the molecule is O=C(NC1COC1)c1c(Cl)cccc1Cl. The minimum Gasteiger partial charge on any atom is -0.377 e. The van der Waals surface area contributed by atoms with E-state index in [1.54, 1.807) is 18.2 Å². The molecule has 2 rings (SSSR count). The molecule has 0 radical (unpaired) electrons. The van der Waals surface area contributed by atoms with Gasteiger partial charge in [0.25, 0.3) is 5.91 Å². The summed E-state index contributed by atoms with van der Waals surface area (Å²) in [7, 11) is 0. The second-order valence-electron chi connectivity index (χ2n) is 3.30. The molecule has 1 aromatic carbocycles. The summed E-state index contributed by atoms with van der Waals surface area (Å²) < 4.78 is 4.95. The van der Waals surface area contributed by atoms with E-state index < -0.39 is 0 Å². The molecule has 0 unspecified atom stereocenters. The van der Waals surface area contributed by atoms with Crippen LogP contribution in [-0.4, -0.2) is 25.2 Å². The summed E-state index contributed by atoms with van der Waals surface area (Å²) in [5.74, 6) is -0.251. The topological polar surface area (TPSA) is 38.3 Å². The number of hydrogen-bond acceptors (Lipinski definition) is 2. The van der Waals surface area contributed by atoms with Gasteiger partial charge < -0.3 is 10.1 Å². The molecule has 1 fully saturated rings. The van der Waals surface area contributed by atoms with Crippen LogP contribution in [0.2, 0.25) is 10.0 Å². The lowest BCUT2D eigenvalue weighted by molar-refractivity contribution is -0.00345. The van der Waals surface area contributed by atoms with Gasteiger partial charge in [-0.25, -0.2) is 0 Å². The Morgan fingerprint density at radius 2 is 1.93 bits per heavy atom. The van der Waals surface area contributed by atoms with Gasteiger partial charge in [-0.2, -0.15) is 0 Å². The predicted octanol–water partition coefficient (Wildman–Crippen LogP) is 2.12. The van der Waals surface area contributed by atoms with E-state index >= 15 is 0 Å². The van der Waals surface area contributed by atoms with E-state index in [-0.39, 0.29) is 11.9 Å². The predicted molar refractivity (Wildman–Crippen MR) is 58.5 cm³/mol. The molecule has 0 aromatic heterocycles. The van der Waals surface area contributed by atoms with Crippen LogP contribution in [0.5, 0.6) is 0 Å². The fourth-order valence-corrected chi connectivity index (χ4v) is 1.86. The third kappa shape index (κ3) is 2.25. The van der Waals surface area contributed by atoms with E-state index in [4.69, 9.17) is 27.9 Å². The molecule has 1 aromatic rings. The van der Waals surface area contributed by atoms with Gasteiger partial charge in [0.1, 0.15) is 0 Å². The monoisotopic (exact) mass is 245 g/mol. The zero-order valence-corrected chi connectivity index (χ0v) is 9.31. The molecule has 0 atom stereocenters. The van der Waals surface area contributed by atoms with Crippen LogP contribution < -0.4 is 5.32 Å². The summed E-state index contributed by atoms with van der Waals surface area (Å²) >= 11 is 11.8. The lowest BCUT2D eigenvalue weighted by Gasteiger charge is -2.27. The fraction of sp³-hybridized carbons (Fsp3) is 0.300. The van der Waals surface area contributed by atoms with Crippen molar-refractivity contribution in [3.8, 4) is 0 Å². The van der Waals surface area contributed by atoms with Crippen molar-refractivity contribution in [3.05, 3.63) is 33.8 Å². The van der Waals surface area contributed by atoms with Crippen LogP contribution in [0.15, 0.2) is 18.2 Å². The molecule has 3 nitrogen and oxygen atoms in total. The number of halogens is 2. The van der Waals surface area contributed by atoms with Crippen LogP contribution in [0.25, 0.3) is 0 Å². The van der Waals surface area contributed by atoms with E-state index in [9.17, 15) is 4.79 Å². The second-order valence-corrected chi connectivity index (χ2v) is 4.12. The number of amides is 1. The molecular formula is C10H9Cl2NO2. The highest BCUT2D eigenvalue weighted by Gasteiger charge is 2.23. The molecule has 0 bridgehead atoms. The molecule has 1 aliphatic rings. The number of nitrogens with one attached hydrogen (secondary N) is 1. The number of rotatable bonds is 2. The molecule has 0 spiro atoms. The van der Waals surface area contributed by atoms with Crippen LogP contribution in [0.3, 0.4) is 0 Å². The minimum absolute atomic E-state index is 0.0739. The summed E-state index contributed by atoms with van der Waals surface area (Å²) in [6, 6.07) is 5.05. The lowest BCUT2D eigenvalue weighted by Crippen LogP contribution is -2.48. The normalized spacial score (nSPS) is 15.9. The molecule has 5 heteroatoms. The Hall–Kier alpha value is -0.770. The third-order valence-electron chi connectivity index (χ3n) is 2.16. The fourth-order valence-electron chi connectivity index (χ4n) is 1.29. The summed E-state index contributed by atoms with van der Waals surface area (Å²) in [5, 5.41) is 3.50. The summed E-state index contributed by atoms with van der Waals surface area (Å²) in [6.45, 7) is 1.10. The Morgan fingerprint density at radius 3 is 2.40 bits per heavy atom. The Labute approximate surface area is 97.3 Å². The van der Waals surface area contributed by atoms with Crippen molar-refractivity contribution < 1.29 is 9.53 Å². The Balaban J connectivity index is 2.16. The zero-order valence-electron chi connectivity index (χ0n) is 7.80. The van der Waals surface area contributed by atoms with Crippen LogP contribution in [0.1, 0.15) is 10.4 Å². The quantitative estimate of drug-likeness (QED) is 0.867. The number of carbonyl (C=O) groups excluding carboxylic acids is 1. The third-order valence-corrected chi connectivity index (χ3v) is 2.79. The van der Waals surface area contributed by atoms with Crippen molar-refractivity contribution in [2.45, 2.75) is 6.04 Å². The maximum absolute atomic E-state index is 11.8. The average Bonchev–Trinajstić information content (AvgIpc) is 2.11. The highest BCUT2D eigenvalue weighted by Crippen LogP contribution is 2.24. The molecule has 1 amide bonds. The van der Waals surface area contributed by atoms with Gasteiger partial charge in [-0.05, 0) is 12.1 Å². The first-order chi connectivity index (χ1) is 7.18. The van der Waals surface area contributed by atoms with Crippen LogP contribution in [0, 0.1) is 0 Å². The van der Waals surface area contributed by atoms with E-state index in [0.717, 1.165) is 0 Å². The van der Waals surface area contributed by atoms with Crippen molar-refractivity contribution >= 4 is 29.1 Å². The van der Waals surface area contributed by atoms with Gasteiger partial charge in [0.2, 0.25) is 0 Å². The van der Waals surface area contributed by atoms with E-state index in [1.807, 2.05) is 0 Å². The maximum atomic E-state index is 11.8. The van der Waals surface area contributed by atoms with Crippen LogP contribution >= 0.6 is 23.2 Å². The Morgan fingerprint density at radius 1 is 1.33 bits per heavy atom. The number of ether oxygens (including phenoxy) is 1. The van der Waals surface area contributed by atoms with Crippen molar-refractivity contribution in [3.63, 3.8) is 0 Å². The van der Waals surface area contributed by atoms with Crippen molar-refractivity contribution in [2.75, 3.05) is 13.2 Å². The van der Waals surface area contributed by atoms with Gasteiger partial charge in [0.05, 0.1) is 34.9 Å². The number of hydrogen-bond donors (Lipinski definition) is 1. The van der Waals surface area contributed by atoms with Crippen molar-refractivity contribution in [2.24, 2.45) is 0 Å².